The van der Waals surface area contributed by atoms with Crippen molar-refractivity contribution in [2.75, 3.05) is 4.90 Å². The molecule has 0 N–H and O–H groups in total. The van der Waals surface area contributed by atoms with Gasteiger partial charge >= 0.3 is 0 Å². The highest BCUT2D eigenvalue weighted by atomic mass is 35.5. The summed E-state index contributed by atoms with van der Waals surface area (Å²) >= 11 is 6.12. The molecule has 0 spiro atoms. The van der Waals surface area contributed by atoms with E-state index in [1.807, 2.05) is 30.3 Å². The molecule has 0 aliphatic carbocycles. The fourth-order valence-electron chi connectivity index (χ4n) is 4.74. The van der Waals surface area contributed by atoms with Crippen LogP contribution in [0.15, 0.2) is 36.4 Å². The highest BCUT2D eigenvalue weighted by Crippen LogP contribution is 2.45. The average Bonchev–Trinajstić information content (AvgIpc) is 2.59. The molecule has 0 saturated heterocycles. The van der Waals surface area contributed by atoms with Crippen molar-refractivity contribution in [2.24, 2.45) is 0 Å². The third-order valence-electron chi connectivity index (χ3n) is 5.74. The van der Waals surface area contributed by atoms with Gasteiger partial charge in [0.25, 0.3) is 0 Å². The quantitative estimate of drug-likeness (QED) is 0.407. The third-order valence-corrected chi connectivity index (χ3v) is 5.97. The molecule has 0 saturated carbocycles. The van der Waals surface area contributed by atoms with E-state index in [-0.39, 0.29) is 5.54 Å². The van der Waals surface area contributed by atoms with Gasteiger partial charge in [-0.25, -0.2) is 0 Å². The normalized spacial score (nSPS) is 18.8. The molecule has 1 atom stereocenters. The minimum absolute atomic E-state index is 0.128. The molecule has 3 rings (SSSR count). The van der Waals surface area contributed by atoms with Crippen LogP contribution in [-0.2, 0) is 0 Å². The number of nitriles is 1. The van der Waals surface area contributed by atoms with Crippen LogP contribution in [0.1, 0.15) is 69.2 Å². The van der Waals surface area contributed by atoms with Crippen molar-refractivity contribution in [1.82, 2.24) is 0 Å². The summed E-state index contributed by atoms with van der Waals surface area (Å²) in [5.41, 5.74) is 6.60. The van der Waals surface area contributed by atoms with Crippen LogP contribution in [0.5, 0.6) is 0 Å². The Kier molecular flexibility index (Phi) is 5.60. The number of hydrogen-bond donors (Lipinski definition) is 0. The van der Waals surface area contributed by atoms with Crippen LogP contribution in [0, 0.1) is 18.3 Å². The zero-order valence-electron chi connectivity index (χ0n) is 17.7. The number of allylic oxidation sites excluding steroid dienone is 1. The predicted molar refractivity (Wildman–Crippen MR) is 121 cm³/mol. The lowest BCUT2D eigenvalue weighted by atomic mass is 9.78. The SMILES string of the molecule is Cc1cc2c(cc1/C=C(/C#N)c1cccc(Cl)c1)[C@@H](C)CC(C)(C)N2C(C)C. The Bertz CT molecular complexity index is 963. The van der Waals surface area contributed by atoms with Gasteiger partial charge in [-0.3, -0.25) is 0 Å². The van der Waals surface area contributed by atoms with E-state index in [0.29, 0.717) is 22.6 Å². The number of aryl methyl sites for hydroxylation is 1. The van der Waals surface area contributed by atoms with Gasteiger partial charge in [0, 0.05) is 22.3 Å². The summed E-state index contributed by atoms with van der Waals surface area (Å²) in [5.74, 6) is 0.476. The molecule has 28 heavy (non-hydrogen) atoms. The third kappa shape index (κ3) is 3.82. The van der Waals surface area contributed by atoms with Gasteiger partial charge in [-0.1, -0.05) is 30.7 Å². The minimum atomic E-state index is 0.128. The first-order valence-electron chi connectivity index (χ1n) is 9.95. The van der Waals surface area contributed by atoms with Crippen molar-refractivity contribution >= 4 is 28.9 Å². The first-order valence-corrected chi connectivity index (χ1v) is 10.3. The number of fused-ring (bicyclic) bond motifs is 1. The van der Waals surface area contributed by atoms with Gasteiger partial charge in [-0.2, -0.15) is 5.26 Å². The van der Waals surface area contributed by atoms with E-state index in [4.69, 9.17) is 11.6 Å². The fraction of sp³-hybridized carbons (Fsp3) is 0.400. The van der Waals surface area contributed by atoms with E-state index < -0.39 is 0 Å². The van der Waals surface area contributed by atoms with Gasteiger partial charge in [0.05, 0.1) is 11.6 Å². The Morgan fingerprint density at radius 3 is 2.61 bits per heavy atom. The monoisotopic (exact) mass is 392 g/mol. The lowest BCUT2D eigenvalue weighted by molar-refractivity contribution is 0.356. The largest absolute Gasteiger partial charge is 0.364 e. The fourth-order valence-corrected chi connectivity index (χ4v) is 4.93. The molecule has 0 aromatic heterocycles. The highest BCUT2D eigenvalue weighted by molar-refractivity contribution is 6.30. The number of benzene rings is 2. The predicted octanol–water partition coefficient (Wildman–Crippen LogP) is 7.21. The van der Waals surface area contributed by atoms with Crippen LogP contribution < -0.4 is 4.90 Å². The van der Waals surface area contributed by atoms with E-state index >= 15 is 0 Å². The summed E-state index contributed by atoms with van der Waals surface area (Å²) in [7, 11) is 0. The zero-order valence-corrected chi connectivity index (χ0v) is 18.4. The maximum absolute atomic E-state index is 9.73. The van der Waals surface area contributed by atoms with Crippen LogP contribution in [-0.4, -0.2) is 11.6 Å². The van der Waals surface area contributed by atoms with E-state index in [2.05, 4.69) is 64.6 Å². The van der Waals surface area contributed by atoms with E-state index in [9.17, 15) is 5.26 Å². The number of anilines is 1. The molecule has 2 aromatic rings. The molecule has 0 fully saturated rings. The number of halogens is 1. The molecular formula is C25H29ClN2. The van der Waals surface area contributed by atoms with Crippen LogP contribution in [0.3, 0.4) is 0 Å². The van der Waals surface area contributed by atoms with Gasteiger partial charge < -0.3 is 4.90 Å². The molecule has 1 aliphatic rings. The Morgan fingerprint density at radius 2 is 2.00 bits per heavy atom. The Hall–Kier alpha value is -2.24. The number of rotatable bonds is 3. The first-order chi connectivity index (χ1) is 13.1. The van der Waals surface area contributed by atoms with Gasteiger partial charge in [0.2, 0.25) is 0 Å². The molecule has 0 bridgehead atoms. The van der Waals surface area contributed by atoms with Crippen molar-refractivity contribution in [3.63, 3.8) is 0 Å². The topological polar surface area (TPSA) is 27.0 Å². The molecule has 0 radical (unpaired) electrons. The molecule has 3 heteroatoms. The first kappa shape index (κ1) is 20.5. The lowest BCUT2D eigenvalue weighted by Gasteiger charge is -2.50. The van der Waals surface area contributed by atoms with Crippen LogP contribution in [0.2, 0.25) is 5.02 Å². The van der Waals surface area contributed by atoms with Crippen molar-refractivity contribution in [3.05, 3.63) is 63.7 Å². The van der Waals surface area contributed by atoms with E-state index in [1.165, 1.54) is 16.8 Å². The second-order valence-corrected chi connectivity index (χ2v) is 9.27. The van der Waals surface area contributed by atoms with Gasteiger partial charge in [0.15, 0.2) is 0 Å². The molecule has 2 aromatic carbocycles. The van der Waals surface area contributed by atoms with Gasteiger partial charge in [-0.15, -0.1) is 0 Å². The van der Waals surface area contributed by atoms with E-state index in [0.717, 1.165) is 17.5 Å². The average molecular weight is 393 g/mol. The summed E-state index contributed by atoms with van der Waals surface area (Å²) in [6.45, 7) is 13.6. The molecule has 0 amide bonds. The molecule has 0 unspecified atom stereocenters. The minimum Gasteiger partial charge on any atom is -0.364 e. The Morgan fingerprint density at radius 1 is 1.29 bits per heavy atom. The van der Waals surface area contributed by atoms with Gasteiger partial charge in [-0.05, 0) is 99.6 Å². The molecule has 1 aliphatic heterocycles. The van der Waals surface area contributed by atoms with Crippen molar-refractivity contribution in [3.8, 4) is 6.07 Å². The Labute approximate surface area is 174 Å². The molecular weight excluding hydrogens is 364 g/mol. The smallest absolute Gasteiger partial charge is 0.0998 e. The van der Waals surface area contributed by atoms with Crippen LogP contribution in [0.25, 0.3) is 11.6 Å². The number of hydrogen-bond acceptors (Lipinski definition) is 2. The zero-order chi connectivity index (χ0) is 20.6. The van der Waals surface area contributed by atoms with E-state index in [1.54, 1.807) is 0 Å². The standard InChI is InChI=1S/C25H29ClN2/c1-16(2)28-24-10-17(3)20(13-23(24)18(4)14-25(28,5)6)11-21(15-27)19-8-7-9-22(26)12-19/h7-13,16,18H,14H2,1-6H3/b21-11-/t18-/m0/s1. The summed E-state index contributed by atoms with van der Waals surface area (Å²) in [6, 6.07) is 14.8. The molecule has 1 heterocycles. The maximum atomic E-state index is 9.73. The summed E-state index contributed by atoms with van der Waals surface area (Å²) in [6.07, 6.45) is 3.11. The lowest BCUT2D eigenvalue weighted by Crippen LogP contribution is -2.51. The second-order valence-electron chi connectivity index (χ2n) is 8.83. The number of nitrogens with zero attached hydrogens (tertiary/aromatic N) is 2. The van der Waals surface area contributed by atoms with Crippen molar-refractivity contribution in [2.45, 2.75) is 65.5 Å². The van der Waals surface area contributed by atoms with Crippen LogP contribution >= 0.6 is 11.6 Å². The highest BCUT2D eigenvalue weighted by Gasteiger charge is 2.37. The summed E-state index contributed by atoms with van der Waals surface area (Å²) in [5, 5.41) is 10.4. The Balaban J connectivity index is 2.13. The summed E-state index contributed by atoms with van der Waals surface area (Å²) in [4.78, 5) is 2.55. The van der Waals surface area contributed by atoms with Gasteiger partial charge in [0.1, 0.15) is 0 Å². The molecule has 2 nitrogen and oxygen atoms in total. The van der Waals surface area contributed by atoms with Crippen molar-refractivity contribution in [1.29, 1.82) is 5.26 Å². The van der Waals surface area contributed by atoms with Crippen LogP contribution in [0.4, 0.5) is 5.69 Å². The van der Waals surface area contributed by atoms with Crippen molar-refractivity contribution < 1.29 is 0 Å². The molecule has 146 valence electrons. The maximum Gasteiger partial charge on any atom is 0.0998 e. The second kappa shape index (κ2) is 7.64. The summed E-state index contributed by atoms with van der Waals surface area (Å²) < 4.78 is 0.